The van der Waals surface area contributed by atoms with Crippen LogP contribution in [-0.2, 0) is 4.74 Å². The van der Waals surface area contributed by atoms with E-state index in [1.807, 2.05) is 0 Å². The van der Waals surface area contributed by atoms with Crippen LogP contribution in [0.15, 0.2) is 12.1 Å². The number of carbonyl (C=O) groups excluding carboxylic acids is 1. The third kappa shape index (κ3) is 4.14. The van der Waals surface area contributed by atoms with Gasteiger partial charge in [-0.15, -0.1) is 0 Å². The average Bonchev–Trinajstić information content (AvgIpc) is 2.96. The smallest absolute Gasteiger partial charge is 0.251 e. The first kappa shape index (κ1) is 15.7. The highest BCUT2D eigenvalue weighted by Gasteiger charge is 2.16. The quantitative estimate of drug-likeness (QED) is 0.794. The number of ether oxygens (including phenoxy) is 1. The molecule has 2 rings (SSSR count). The SMILES string of the molecule is CNc1c(F)cc(C(=O)NCCOC2CCCC2)cc1F. The number of amides is 1. The van der Waals surface area contributed by atoms with Gasteiger partial charge in [0.25, 0.3) is 5.91 Å². The number of carbonyl (C=O) groups is 1. The van der Waals surface area contributed by atoms with Gasteiger partial charge in [-0.3, -0.25) is 4.79 Å². The van der Waals surface area contributed by atoms with Gasteiger partial charge in [0.2, 0.25) is 0 Å². The third-order valence-corrected chi connectivity index (χ3v) is 3.60. The monoisotopic (exact) mass is 298 g/mol. The van der Waals surface area contributed by atoms with E-state index in [4.69, 9.17) is 4.74 Å². The van der Waals surface area contributed by atoms with E-state index >= 15 is 0 Å². The number of hydrogen-bond donors (Lipinski definition) is 2. The molecular weight excluding hydrogens is 278 g/mol. The van der Waals surface area contributed by atoms with Crippen molar-refractivity contribution < 1.29 is 18.3 Å². The number of nitrogens with one attached hydrogen (secondary N) is 2. The summed E-state index contributed by atoms with van der Waals surface area (Å²) in [5, 5.41) is 5.01. The second-order valence-electron chi connectivity index (χ2n) is 5.10. The molecule has 0 aromatic heterocycles. The van der Waals surface area contributed by atoms with Gasteiger partial charge >= 0.3 is 0 Å². The molecule has 1 amide bonds. The van der Waals surface area contributed by atoms with E-state index in [0.717, 1.165) is 25.0 Å². The van der Waals surface area contributed by atoms with Crippen molar-refractivity contribution in [2.45, 2.75) is 31.8 Å². The Morgan fingerprint density at radius 2 is 1.90 bits per heavy atom. The first-order valence-electron chi connectivity index (χ1n) is 7.18. The maximum absolute atomic E-state index is 13.6. The average molecular weight is 298 g/mol. The Morgan fingerprint density at radius 1 is 1.29 bits per heavy atom. The molecule has 0 saturated heterocycles. The van der Waals surface area contributed by atoms with Crippen LogP contribution in [0.1, 0.15) is 36.0 Å². The molecule has 6 heteroatoms. The van der Waals surface area contributed by atoms with Crippen molar-refractivity contribution in [3.05, 3.63) is 29.3 Å². The van der Waals surface area contributed by atoms with E-state index in [2.05, 4.69) is 10.6 Å². The van der Waals surface area contributed by atoms with Crippen LogP contribution < -0.4 is 10.6 Å². The number of benzene rings is 1. The van der Waals surface area contributed by atoms with Crippen LogP contribution in [0.4, 0.5) is 14.5 Å². The van der Waals surface area contributed by atoms with Crippen LogP contribution in [0, 0.1) is 11.6 Å². The van der Waals surface area contributed by atoms with Gasteiger partial charge in [0.1, 0.15) is 17.3 Å². The molecule has 1 aliphatic carbocycles. The van der Waals surface area contributed by atoms with Crippen LogP contribution in [0.3, 0.4) is 0 Å². The molecule has 0 bridgehead atoms. The zero-order chi connectivity index (χ0) is 15.2. The molecule has 116 valence electrons. The summed E-state index contributed by atoms with van der Waals surface area (Å²) in [7, 11) is 1.42. The van der Waals surface area contributed by atoms with Gasteiger partial charge in [-0.2, -0.15) is 0 Å². The van der Waals surface area contributed by atoms with Crippen molar-refractivity contribution in [3.8, 4) is 0 Å². The minimum absolute atomic E-state index is 0.0372. The molecule has 1 fully saturated rings. The maximum atomic E-state index is 13.6. The van der Waals surface area contributed by atoms with E-state index in [0.29, 0.717) is 13.2 Å². The molecule has 0 radical (unpaired) electrons. The highest BCUT2D eigenvalue weighted by molar-refractivity contribution is 5.94. The first-order chi connectivity index (χ1) is 10.1. The lowest BCUT2D eigenvalue weighted by molar-refractivity contribution is 0.0581. The second-order valence-corrected chi connectivity index (χ2v) is 5.10. The van der Waals surface area contributed by atoms with Crippen molar-refractivity contribution in [1.29, 1.82) is 0 Å². The van der Waals surface area contributed by atoms with Gasteiger partial charge in [0, 0.05) is 19.2 Å². The largest absolute Gasteiger partial charge is 0.383 e. The predicted octanol–water partition coefficient (Wildman–Crippen LogP) is 2.70. The van der Waals surface area contributed by atoms with E-state index in [1.54, 1.807) is 0 Å². The third-order valence-electron chi connectivity index (χ3n) is 3.60. The normalized spacial score (nSPS) is 15.2. The van der Waals surface area contributed by atoms with Crippen molar-refractivity contribution in [2.24, 2.45) is 0 Å². The lowest BCUT2D eigenvalue weighted by Gasteiger charge is -2.12. The molecule has 1 aliphatic rings. The Bertz CT molecular complexity index is 479. The fraction of sp³-hybridized carbons (Fsp3) is 0.533. The highest BCUT2D eigenvalue weighted by Crippen LogP contribution is 2.21. The van der Waals surface area contributed by atoms with Crippen LogP contribution in [-0.4, -0.2) is 32.2 Å². The molecule has 0 unspecified atom stereocenters. The molecule has 0 spiro atoms. The lowest BCUT2D eigenvalue weighted by atomic mass is 10.1. The van der Waals surface area contributed by atoms with Gasteiger partial charge in [0.15, 0.2) is 0 Å². The molecule has 1 aromatic carbocycles. The molecular formula is C15H20F2N2O2. The Morgan fingerprint density at radius 3 is 2.48 bits per heavy atom. The molecule has 0 aliphatic heterocycles. The number of halogens is 2. The fourth-order valence-corrected chi connectivity index (χ4v) is 2.49. The van der Waals surface area contributed by atoms with Crippen LogP contribution in [0.2, 0.25) is 0 Å². The molecule has 4 nitrogen and oxygen atoms in total. The summed E-state index contributed by atoms with van der Waals surface area (Å²) in [6.45, 7) is 0.738. The molecule has 21 heavy (non-hydrogen) atoms. The topological polar surface area (TPSA) is 50.4 Å². The summed E-state index contributed by atoms with van der Waals surface area (Å²) >= 11 is 0. The van der Waals surface area contributed by atoms with Gasteiger partial charge in [0.05, 0.1) is 12.7 Å². The number of hydrogen-bond acceptors (Lipinski definition) is 3. The summed E-state index contributed by atoms with van der Waals surface area (Å²) < 4.78 is 32.7. The van der Waals surface area contributed by atoms with Crippen molar-refractivity contribution in [1.82, 2.24) is 5.32 Å². The van der Waals surface area contributed by atoms with Crippen molar-refractivity contribution >= 4 is 11.6 Å². The van der Waals surface area contributed by atoms with Crippen LogP contribution in [0.5, 0.6) is 0 Å². The Balaban J connectivity index is 1.82. The van der Waals surface area contributed by atoms with Crippen molar-refractivity contribution in [3.63, 3.8) is 0 Å². The van der Waals surface area contributed by atoms with Gasteiger partial charge in [-0.1, -0.05) is 12.8 Å². The lowest BCUT2D eigenvalue weighted by Crippen LogP contribution is -2.28. The van der Waals surface area contributed by atoms with Crippen LogP contribution in [0.25, 0.3) is 0 Å². The van der Waals surface area contributed by atoms with Gasteiger partial charge in [-0.05, 0) is 25.0 Å². The van der Waals surface area contributed by atoms with Gasteiger partial charge < -0.3 is 15.4 Å². The number of rotatable bonds is 6. The number of anilines is 1. The minimum Gasteiger partial charge on any atom is -0.383 e. The molecule has 0 heterocycles. The van der Waals surface area contributed by atoms with E-state index in [9.17, 15) is 13.6 Å². The predicted molar refractivity (Wildman–Crippen MR) is 76.4 cm³/mol. The Labute approximate surface area is 122 Å². The molecule has 2 N–H and O–H groups in total. The van der Waals surface area contributed by atoms with Crippen LogP contribution >= 0.6 is 0 Å². The standard InChI is InChI=1S/C15H20F2N2O2/c1-18-14-12(16)8-10(9-13(14)17)15(20)19-6-7-21-11-4-2-3-5-11/h8-9,11,18H,2-7H2,1H3,(H,19,20). The van der Waals surface area contributed by atoms with Gasteiger partial charge in [-0.25, -0.2) is 8.78 Å². The zero-order valence-electron chi connectivity index (χ0n) is 12.0. The van der Waals surface area contributed by atoms with E-state index in [-0.39, 0.29) is 17.4 Å². The van der Waals surface area contributed by atoms with E-state index < -0.39 is 17.5 Å². The van der Waals surface area contributed by atoms with Crippen molar-refractivity contribution in [2.75, 3.05) is 25.5 Å². The minimum atomic E-state index is -0.787. The maximum Gasteiger partial charge on any atom is 0.251 e. The second kappa shape index (κ2) is 7.36. The summed E-state index contributed by atoms with van der Waals surface area (Å²) in [4.78, 5) is 11.8. The highest BCUT2D eigenvalue weighted by atomic mass is 19.1. The Hall–Kier alpha value is -1.69. The zero-order valence-corrected chi connectivity index (χ0v) is 12.0. The summed E-state index contributed by atoms with van der Waals surface area (Å²) in [6, 6.07) is 2.03. The fourth-order valence-electron chi connectivity index (χ4n) is 2.49. The first-order valence-corrected chi connectivity index (χ1v) is 7.18. The van der Waals surface area contributed by atoms with E-state index in [1.165, 1.54) is 19.9 Å². The summed E-state index contributed by atoms with van der Waals surface area (Å²) in [6.07, 6.45) is 4.79. The molecule has 1 aromatic rings. The Kier molecular flexibility index (Phi) is 5.50. The molecule has 1 saturated carbocycles. The summed E-state index contributed by atoms with van der Waals surface area (Å²) in [5.41, 5.74) is -0.277. The molecule has 0 atom stereocenters. The summed E-state index contributed by atoms with van der Waals surface area (Å²) in [5.74, 6) is -2.08.